The first-order valence-electron chi connectivity index (χ1n) is 5.44. The topological polar surface area (TPSA) is 83.6 Å². The number of carbonyl (C=O) groups excluding carboxylic acids is 1. The van der Waals surface area contributed by atoms with E-state index in [-0.39, 0.29) is 11.8 Å². The number of hydrogen-bond acceptors (Lipinski definition) is 4. The SMILES string of the molecule is NC(=O)C1CCN(c2csc(C(=O)O)c2)CC1. The third kappa shape index (κ3) is 2.58. The van der Waals surface area contributed by atoms with Gasteiger partial charge >= 0.3 is 5.97 Å². The van der Waals surface area contributed by atoms with Gasteiger partial charge in [-0.1, -0.05) is 0 Å². The van der Waals surface area contributed by atoms with Gasteiger partial charge in [0.05, 0.1) is 0 Å². The molecule has 5 nitrogen and oxygen atoms in total. The van der Waals surface area contributed by atoms with E-state index < -0.39 is 5.97 Å². The molecule has 1 aromatic heterocycles. The summed E-state index contributed by atoms with van der Waals surface area (Å²) in [5.41, 5.74) is 6.19. The lowest BCUT2D eigenvalue weighted by Crippen LogP contribution is -2.38. The molecule has 2 heterocycles. The molecule has 0 radical (unpaired) electrons. The minimum absolute atomic E-state index is 0.0381. The van der Waals surface area contributed by atoms with Crippen molar-refractivity contribution in [2.75, 3.05) is 18.0 Å². The zero-order valence-electron chi connectivity index (χ0n) is 9.26. The highest BCUT2D eigenvalue weighted by atomic mass is 32.1. The molecule has 1 aliphatic heterocycles. The second kappa shape index (κ2) is 4.75. The highest BCUT2D eigenvalue weighted by Crippen LogP contribution is 2.27. The minimum Gasteiger partial charge on any atom is -0.477 e. The monoisotopic (exact) mass is 254 g/mol. The van der Waals surface area contributed by atoms with Gasteiger partial charge < -0.3 is 15.7 Å². The van der Waals surface area contributed by atoms with Gasteiger partial charge in [0.15, 0.2) is 0 Å². The van der Waals surface area contributed by atoms with Crippen molar-refractivity contribution in [1.82, 2.24) is 0 Å². The van der Waals surface area contributed by atoms with Crippen molar-refractivity contribution in [2.45, 2.75) is 12.8 Å². The normalized spacial score (nSPS) is 17.1. The number of piperidine rings is 1. The average Bonchev–Trinajstić information content (AvgIpc) is 2.78. The van der Waals surface area contributed by atoms with Crippen molar-refractivity contribution in [2.24, 2.45) is 11.7 Å². The fourth-order valence-electron chi connectivity index (χ4n) is 2.03. The minimum atomic E-state index is -0.895. The van der Waals surface area contributed by atoms with Gasteiger partial charge in [0, 0.05) is 30.1 Å². The molecule has 1 saturated heterocycles. The molecule has 17 heavy (non-hydrogen) atoms. The molecule has 1 aliphatic rings. The van der Waals surface area contributed by atoms with E-state index in [9.17, 15) is 9.59 Å². The van der Waals surface area contributed by atoms with Gasteiger partial charge in [-0.3, -0.25) is 4.79 Å². The van der Waals surface area contributed by atoms with Gasteiger partial charge in [-0.15, -0.1) is 11.3 Å². The number of amides is 1. The number of carbonyl (C=O) groups is 2. The molecule has 0 aromatic carbocycles. The van der Waals surface area contributed by atoms with Crippen molar-refractivity contribution in [3.8, 4) is 0 Å². The van der Waals surface area contributed by atoms with E-state index >= 15 is 0 Å². The van der Waals surface area contributed by atoms with Crippen LogP contribution < -0.4 is 10.6 Å². The number of primary amides is 1. The summed E-state index contributed by atoms with van der Waals surface area (Å²) in [6.45, 7) is 1.51. The molecular formula is C11H14N2O3S. The summed E-state index contributed by atoms with van der Waals surface area (Å²) in [5.74, 6) is -1.17. The van der Waals surface area contributed by atoms with E-state index in [1.807, 2.05) is 5.38 Å². The smallest absolute Gasteiger partial charge is 0.345 e. The van der Waals surface area contributed by atoms with E-state index in [1.165, 1.54) is 11.3 Å². The molecule has 2 rings (SSSR count). The molecule has 92 valence electrons. The van der Waals surface area contributed by atoms with Crippen LogP contribution in [0.2, 0.25) is 0 Å². The first kappa shape index (κ1) is 11.9. The Labute approximate surface area is 103 Å². The Morgan fingerprint density at radius 2 is 2.06 bits per heavy atom. The first-order valence-corrected chi connectivity index (χ1v) is 6.32. The number of nitrogens with two attached hydrogens (primary N) is 1. The van der Waals surface area contributed by atoms with Crippen molar-refractivity contribution in [1.29, 1.82) is 0 Å². The highest BCUT2D eigenvalue weighted by molar-refractivity contribution is 7.12. The number of hydrogen-bond donors (Lipinski definition) is 2. The Balaban J connectivity index is 2.00. The van der Waals surface area contributed by atoms with E-state index in [2.05, 4.69) is 4.90 Å². The standard InChI is InChI=1S/C11H14N2O3S/c12-10(14)7-1-3-13(4-2-7)8-5-9(11(15)16)17-6-8/h5-7H,1-4H2,(H2,12,14)(H,15,16). The first-order chi connectivity index (χ1) is 8.08. The summed E-state index contributed by atoms with van der Waals surface area (Å²) in [5, 5.41) is 10.7. The van der Waals surface area contributed by atoms with Gasteiger partial charge in [0.2, 0.25) is 5.91 Å². The number of carboxylic acids is 1. The number of aromatic carboxylic acids is 1. The van der Waals surface area contributed by atoms with E-state index in [0.717, 1.165) is 31.6 Å². The maximum absolute atomic E-state index is 11.0. The van der Waals surface area contributed by atoms with Crippen molar-refractivity contribution in [3.63, 3.8) is 0 Å². The van der Waals surface area contributed by atoms with Gasteiger partial charge in [-0.05, 0) is 18.9 Å². The van der Waals surface area contributed by atoms with Gasteiger partial charge in [0.25, 0.3) is 0 Å². The van der Waals surface area contributed by atoms with E-state index in [1.54, 1.807) is 6.07 Å². The Hall–Kier alpha value is -1.56. The van der Waals surface area contributed by atoms with E-state index in [0.29, 0.717) is 4.88 Å². The van der Waals surface area contributed by atoms with Crippen molar-refractivity contribution in [3.05, 3.63) is 16.3 Å². The molecule has 6 heteroatoms. The van der Waals surface area contributed by atoms with Gasteiger partial charge in [0.1, 0.15) is 4.88 Å². The molecule has 0 atom stereocenters. The molecule has 1 fully saturated rings. The van der Waals surface area contributed by atoms with Crippen LogP contribution in [0.3, 0.4) is 0 Å². The molecule has 0 aliphatic carbocycles. The number of anilines is 1. The number of rotatable bonds is 3. The van der Waals surface area contributed by atoms with Crippen LogP contribution in [0.4, 0.5) is 5.69 Å². The lowest BCUT2D eigenvalue weighted by molar-refractivity contribution is -0.122. The van der Waals surface area contributed by atoms with Crippen LogP contribution in [0.25, 0.3) is 0 Å². The molecule has 1 aromatic rings. The largest absolute Gasteiger partial charge is 0.477 e. The fraction of sp³-hybridized carbons (Fsp3) is 0.455. The summed E-state index contributed by atoms with van der Waals surface area (Å²) in [6.07, 6.45) is 1.49. The maximum Gasteiger partial charge on any atom is 0.345 e. The summed E-state index contributed by atoms with van der Waals surface area (Å²) < 4.78 is 0. The highest BCUT2D eigenvalue weighted by Gasteiger charge is 2.24. The van der Waals surface area contributed by atoms with Crippen LogP contribution in [0.15, 0.2) is 11.4 Å². The summed E-state index contributed by atoms with van der Waals surface area (Å²) in [6, 6.07) is 1.68. The molecule has 3 N–H and O–H groups in total. The average molecular weight is 254 g/mol. The number of nitrogens with zero attached hydrogens (tertiary/aromatic N) is 1. The summed E-state index contributed by atoms with van der Waals surface area (Å²) in [4.78, 5) is 24.2. The Kier molecular flexibility index (Phi) is 3.33. The van der Waals surface area contributed by atoms with Crippen LogP contribution >= 0.6 is 11.3 Å². The Morgan fingerprint density at radius 3 is 2.53 bits per heavy atom. The van der Waals surface area contributed by atoms with Crippen molar-refractivity contribution < 1.29 is 14.7 Å². The van der Waals surface area contributed by atoms with Gasteiger partial charge in [-0.25, -0.2) is 4.79 Å². The lowest BCUT2D eigenvalue weighted by Gasteiger charge is -2.31. The molecular weight excluding hydrogens is 240 g/mol. The molecule has 0 saturated carbocycles. The van der Waals surface area contributed by atoms with Gasteiger partial charge in [-0.2, -0.15) is 0 Å². The van der Waals surface area contributed by atoms with Crippen LogP contribution in [-0.2, 0) is 4.79 Å². The maximum atomic E-state index is 11.0. The molecule has 0 bridgehead atoms. The zero-order chi connectivity index (χ0) is 12.4. The van der Waals surface area contributed by atoms with Crippen LogP contribution in [0.5, 0.6) is 0 Å². The van der Waals surface area contributed by atoms with Crippen LogP contribution in [0.1, 0.15) is 22.5 Å². The summed E-state index contributed by atoms with van der Waals surface area (Å²) >= 11 is 1.23. The zero-order valence-corrected chi connectivity index (χ0v) is 10.1. The predicted molar refractivity (Wildman–Crippen MR) is 65.4 cm³/mol. The molecule has 0 unspecified atom stereocenters. The van der Waals surface area contributed by atoms with Crippen molar-refractivity contribution >= 4 is 28.9 Å². The fourth-order valence-corrected chi connectivity index (χ4v) is 2.78. The Morgan fingerprint density at radius 1 is 1.41 bits per heavy atom. The van der Waals surface area contributed by atoms with Crippen LogP contribution in [-0.4, -0.2) is 30.1 Å². The molecule has 0 spiro atoms. The predicted octanol–water partition coefficient (Wildman–Crippen LogP) is 1.15. The van der Waals surface area contributed by atoms with Crippen LogP contribution in [0, 0.1) is 5.92 Å². The third-order valence-electron chi connectivity index (χ3n) is 3.06. The summed E-state index contributed by atoms with van der Waals surface area (Å²) in [7, 11) is 0. The molecule has 1 amide bonds. The number of carboxylic acid groups (broad SMARTS) is 1. The second-order valence-corrected chi connectivity index (χ2v) is 5.05. The Bertz CT molecular complexity index is 436. The second-order valence-electron chi connectivity index (χ2n) is 4.14. The quantitative estimate of drug-likeness (QED) is 0.847. The van der Waals surface area contributed by atoms with E-state index in [4.69, 9.17) is 10.8 Å². The third-order valence-corrected chi connectivity index (χ3v) is 3.96. The number of thiophene rings is 1. The lowest BCUT2D eigenvalue weighted by atomic mass is 9.96.